The molecule has 0 unspecified atom stereocenters. The highest BCUT2D eigenvalue weighted by molar-refractivity contribution is 6.37. The van der Waals surface area contributed by atoms with Gasteiger partial charge in [0.1, 0.15) is 0 Å². The van der Waals surface area contributed by atoms with Crippen LogP contribution in [0.4, 0.5) is 0 Å². The number of aromatic nitrogens is 2. The molecule has 0 aliphatic heterocycles. The average Bonchev–Trinajstić information content (AvgIpc) is 2.54. The number of ketones is 1. The first-order valence-electron chi connectivity index (χ1n) is 5.44. The Labute approximate surface area is 100 Å². The fraction of sp³-hybridized carbons (Fsp3) is 0.308. The molecule has 1 aromatic heterocycles. The highest BCUT2D eigenvalue weighted by Gasteiger charge is 2.15. The number of rotatable bonds is 4. The van der Waals surface area contributed by atoms with Crippen molar-refractivity contribution in [2.45, 2.75) is 20.3 Å². The molecule has 0 fully saturated rings. The number of hydrogen-bond donors (Lipinski definition) is 2. The Hall–Kier alpha value is -1.97. The van der Waals surface area contributed by atoms with E-state index in [0.29, 0.717) is 6.42 Å². The molecule has 0 bridgehead atoms. The number of Topliss-reactive ketones (excluding diaryl/α,β-unsaturated/α-hetero) is 1. The van der Waals surface area contributed by atoms with Crippen LogP contribution in [0.3, 0.4) is 0 Å². The van der Waals surface area contributed by atoms with Gasteiger partial charge in [-0.1, -0.05) is 12.2 Å². The van der Waals surface area contributed by atoms with Gasteiger partial charge in [-0.2, -0.15) is 0 Å². The second-order valence-electron chi connectivity index (χ2n) is 3.90. The zero-order valence-electron chi connectivity index (χ0n) is 10.5. The Morgan fingerprint density at radius 2 is 2.24 bits per heavy atom. The van der Waals surface area contributed by atoms with Crippen LogP contribution in [0.1, 0.15) is 19.7 Å². The summed E-state index contributed by atoms with van der Waals surface area (Å²) in [4.78, 5) is 14.2. The molecule has 0 saturated heterocycles. The summed E-state index contributed by atoms with van der Waals surface area (Å²) in [6, 6.07) is 0. The van der Waals surface area contributed by atoms with Crippen molar-refractivity contribution < 1.29 is 9.36 Å². The molecule has 0 amide bonds. The van der Waals surface area contributed by atoms with Gasteiger partial charge in [-0.25, -0.2) is 9.55 Å². The van der Waals surface area contributed by atoms with Crippen LogP contribution in [0, 0.1) is 5.41 Å². The summed E-state index contributed by atoms with van der Waals surface area (Å²) in [5, 5.41) is 9.31. The van der Waals surface area contributed by atoms with Crippen molar-refractivity contribution >= 4 is 24.1 Å². The lowest BCUT2D eigenvalue weighted by atomic mass is 10.2. The van der Waals surface area contributed by atoms with Gasteiger partial charge in [-0.3, -0.25) is 4.79 Å². The zero-order valence-corrected chi connectivity index (χ0v) is 10.5. The Balaban J connectivity index is 3.16. The molecule has 0 aliphatic rings. The van der Waals surface area contributed by atoms with Crippen LogP contribution in [-0.2, 0) is 18.3 Å². The number of carbonyl (C=O) groups is 1. The number of imidazole rings is 1. The molecule has 4 heteroatoms. The first kappa shape index (κ1) is 13.1. The van der Waals surface area contributed by atoms with Crippen molar-refractivity contribution in [3.8, 4) is 0 Å². The van der Waals surface area contributed by atoms with Gasteiger partial charge in [0.05, 0.1) is 19.2 Å². The van der Waals surface area contributed by atoms with E-state index < -0.39 is 0 Å². The molecule has 17 heavy (non-hydrogen) atoms. The van der Waals surface area contributed by atoms with E-state index in [9.17, 15) is 4.79 Å². The van der Waals surface area contributed by atoms with Crippen LogP contribution in [0.2, 0.25) is 0 Å². The summed E-state index contributed by atoms with van der Waals surface area (Å²) in [5.41, 5.74) is 0.0967. The number of aromatic amines is 1. The lowest BCUT2D eigenvalue weighted by Crippen LogP contribution is -2.50. The number of allylic oxidation sites excluding steroid dienone is 2. The number of carbonyl (C=O) groups excluding carboxylic acids is 1. The Morgan fingerprint density at radius 3 is 2.76 bits per heavy atom. The Kier molecular flexibility index (Phi) is 4.15. The topological polar surface area (TPSA) is 60.6 Å². The molecule has 0 aromatic carbocycles. The van der Waals surface area contributed by atoms with Crippen molar-refractivity contribution in [1.82, 2.24) is 4.98 Å². The van der Waals surface area contributed by atoms with E-state index in [4.69, 9.17) is 5.41 Å². The summed E-state index contributed by atoms with van der Waals surface area (Å²) in [6.45, 7) is 7.30. The van der Waals surface area contributed by atoms with Crippen LogP contribution in [0.25, 0.3) is 12.7 Å². The zero-order chi connectivity index (χ0) is 13.0. The summed E-state index contributed by atoms with van der Waals surface area (Å²) in [5.74, 6) is 0.607. The smallest absolute Gasteiger partial charge is 0.261 e. The maximum atomic E-state index is 11.0. The molecule has 0 aliphatic carbocycles. The molecule has 0 saturated carbocycles. The largest absolute Gasteiger partial charge is 0.301 e. The minimum absolute atomic E-state index is 0.0967. The van der Waals surface area contributed by atoms with Crippen LogP contribution in [0.15, 0.2) is 12.2 Å². The molecule has 0 spiro atoms. The summed E-state index contributed by atoms with van der Waals surface area (Å²) in [6.07, 6.45) is 6.07. The molecule has 1 heterocycles. The van der Waals surface area contributed by atoms with Crippen LogP contribution in [0.5, 0.6) is 0 Å². The minimum Gasteiger partial charge on any atom is -0.301 e. The lowest BCUT2D eigenvalue weighted by Gasteiger charge is -1.94. The van der Waals surface area contributed by atoms with Crippen LogP contribution in [-0.4, -0.2) is 16.5 Å². The molecular weight excluding hydrogens is 214 g/mol. The number of H-pyrrole nitrogens is 1. The molecule has 2 N–H and O–H groups in total. The van der Waals surface area contributed by atoms with E-state index in [0.717, 1.165) is 16.5 Å². The second kappa shape index (κ2) is 5.39. The van der Waals surface area contributed by atoms with Gasteiger partial charge in [-0.05, 0) is 19.6 Å². The summed E-state index contributed by atoms with van der Waals surface area (Å²) in [7, 11) is 1.87. The SMILES string of the molecule is C=c1c(=CC=CC)[nH]c(CC(=N)C(C)=O)[n+]1C. The van der Waals surface area contributed by atoms with Crippen molar-refractivity contribution in [3.05, 3.63) is 28.7 Å². The van der Waals surface area contributed by atoms with Crippen molar-refractivity contribution in [3.63, 3.8) is 0 Å². The predicted octanol–water partition coefficient (Wildman–Crippen LogP) is -0.243. The molecule has 4 nitrogen and oxygen atoms in total. The molecule has 1 rings (SSSR count). The minimum atomic E-state index is -0.204. The Bertz CT molecular complexity index is 579. The summed E-state index contributed by atoms with van der Waals surface area (Å²) < 4.78 is 1.87. The highest BCUT2D eigenvalue weighted by atomic mass is 16.1. The van der Waals surface area contributed by atoms with Crippen LogP contribution < -0.4 is 15.3 Å². The van der Waals surface area contributed by atoms with Crippen LogP contribution >= 0.6 is 0 Å². The van der Waals surface area contributed by atoms with E-state index >= 15 is 0 Å². The standard InChI is InChI=1S/C13H17N3O/c1-5-6-7-12-9(2)16(4)13(15-12)8-11(14)10(3)17/h5-7,14H,2,8H2,1,3-4H3/p+1. The van der Waals surface area contributed by atoms with E-state index in [1.165, 1.54) is 6.92 Å². The normalized spacial score (nSPS) is 12.3. The monoisotopic (exact) mass is 232 g/mol. The van der Waals surface area contributed by atoms with Gasteiger partial charge in [0.15, 0.2) is 16.5 Å². The van der Waals surface area contributed by atoms with E-state index in [1.807, 2.05) is 36.8 Å². The van der Waals surface area contributed by atoms with Gasteiger partial charge in [0.2, 0.25) is 0 Å². The fourth-order valence-electron chi connectivity index (χ4n) is 1.44. The van der Waals surface area contributed by atoms with Gasteiger partial charge in [-0.15, -0.1) is 0 Å². The third-order valence-electron chi connectivity index (χ3n) is 2.62. The lowest BCUT2D eigenvalue weighted by molar-refractivity contribution is -0.689. The maximum absolute atomic E-state index is 11.0. The average molecular weight is 232 g/mol. The third-order valence-corrected chi connectivity index (χ3v) is 2.62. The third kappa shape index (κ3) is 3.00. The predicted molar refractivity (Wildman–Crippen MR) is 68.1 cm³/mol. The molecule has 0 atom stereocenters. The first-order valence-corrected chi connectivity index (χ1v) is 5.44. The van der Waals surface area contributed by atoms with Crippen molar-refractivity contribution in [2.75, 3.05) is 0 Å². The second-order valence-corrected chi connectivity index (χ2v) is 3.90. The summed E-state index contributed by atoms with van der Waals surface area (Å²) >= 11 is 0. The van der Waals surface area contributed by atoms with Gasteiger partial charge in [0.25, 0.3) is 5.82 Å². The maximum Gasteiger partial charge on any atom is 0.261 e. The first-order chi connectivity index (χ1) is 7.97. The van der Waals surface area contributed by atoms with E-state index in [1.54, 1.807) is 0 Å². The fourth-order valence-corrected chi connectivity index (χ4v) is 1.44. The van der Waals surface area contributed by atoms with Gasteiger partial charge < -0.3 is 5.41 Å². The molecule has 1 aromatic rings. The number of hydrogen-bond acceptors (Lipinski definition) is 2. The van der Waals surface area contributed by atoms with Gasteiger partial charge in [0, 0.05) is 6.92 Å². The molecular formula is C13H18N3O+. The highest BCUT2D eigenvalue weighted by Crippen LogP contribution is 1.87. The molecule has 90 valence electrons. The quantitative estimate of drug-likeness (QED) is 0.546. The van der Waals surface area contributed by atoms with Crippen molar-refractivity contribution in [2.24, 2.45) is 7.05 Å². The van der Waals surface area contributed by atoms with Crippen molar-refractivity contribution in [1.29, 1.82) is 5.41 Å². The number of nitrogens with zero attached hydrogens (tertiary/aromatic N) is 1. The number of nitrogens with one attached hydrogen (secondary N) is 2. The molecule has 0 radical (unpaired) electrons. The Morgan fingerprint density at radius 1 is 1.59 bits per heavy atom. The van der Waals surface area contributed by atoms with E-state index in [-0.39, 0.29) is 11.5 Å². The van der Waals surface area contributed by atoms with Gasteiger partial charge >= 0.3 is 0 Å². The van der Waals surface area contributed by atoms with E-state index in [2.05, 4.69) is 11.6 Å².